The third-order valence-corrected chi connectivity index (χ3v) is 9.42. The predicted octanol–water partition coefficient (Wildman–Crippen LogP) is 2.13. The second kappa shape index (κ2) is 20.8. The smallest absolute Gasteiger partial charge is 0.368 e. The first kappa shape index (κ1) is 38.0. The van der Waals surface area contributed by atoms with E-state index in [0.717, 1.165) is 0 Å². The fourth-order valence-electron chi connectivity index (χ4n) is 3.51. The van der Waals surface area contributed by atoms with Gasteiger partial charge in [0.1, 0.15) is 29.6 Å². The lowest BCUT2D eigenvalue weighted by Crippen LogP contribution is -2.58. The van der Waals surface area contributed by atoms with Crippen LogP contribution in [0.1, 0.15) is 62.3 Å². The molecule has 0 aromatic rings. The first-order chi connectivity index (χ1) is 18.2. The fraction of sp³-hybridized carbons (Fsp3) is 1.00. The number of hydrogen-bond donors (Lipinski definition) is 0. The molecule has 0 rings (SSSR count). The van der Waals surface area contributed by atoms with Gasteiger partial charge in [0.05, 0.1) is 0 Å². The van der Waals surface area contributed by atoms with Crippen molar-refractivity contribution in [2.24, 2.45) is 0 Å². The summed E-state index contributed by atoms with van der Waals surface area (Å²) >= 11 is 0. The third-order valence-electron chi connectivity index (χ3n) is 4.81. The number of rotatable bonds is 27. The molecule has 0 aliphatic carbocycles. The van der Waals surface area contributed by atoms with Crippen LogP contribution < -0.4 is 0 Å². The normalized spacial score (nSPS) is 13.5. The third kappa shape index (κ3) is 13.5. The highest BCUT2D eigenvalue weighted by atomic mass is 29.2. The Morgan fingerprint density at radius 3 is 0.658 bits per heavy atom. The average Bonchev–Trinajstić information content (AvgIpc) is 2.87. The summed E-state index contributed by atoms with van der Waals surface area (Å²) in [6.45, 7) is 19.6. The van der Waals surface area contributed by atoms with Crippen LogP contribution in [0.5, 0.6) is 0 Å². The average molecular weight is 591 g/mol. The summed E-state index contributed by atoms with van der Waals surface area (Å²) in [7, 11) is -3.06. The molecule has 0 aliphatic rings. The van der Waals surface area contributed by atoms with Gasteiger partial charge in [-0.2, -0.15) is 0 Å². The zero-order valence-corrected chi connectivity index (χ0v) is 28.4. The van der Waals surface area contributed by atoms with Crippen molar-refractivity contribution >= 4 is 18.1 Å². The van der Waals surface area contributed by atoms with E-state index in [2.05, 4.69) is 0 Å². The van der Waals surface area contributed by atoms with Crippen molar-refractivity contribution in [3.63, 3.8) is 0 Å². The summed E-state index contributed by atoms with van der Waals surface area (Å²) in [4.78, 5) is 0. The van der Waals surface area contributed by atoms with Crippen LogP contribution in [0.3, 0.4) is 0 Å². The van der Waals surface area contributed by atoms with Crippen molar-refractivity contribution in [2.75, 3.05) is 79.3 Å². The van der Waals surface area contributed by atoms with E-state index in [1.54, 1.807) is 0 Å². The van der Waals surface area contributed by atoms with Crippen LogP contribution >= 0.6 is 0 Å². The Morgan fingerprint density at radius 2 is 0.526 bits per heavy atom. The molecule has 230 valence electrons. The molecule has 0 saturated carbocycles. The summed E-state index contributed by atoms with van der Waals surface area (Å²) in [5.41, 5.74) is 0. The van der Waals surface area contributed by atoms with Crippen molar-refractivity contribution < 1.29 is 55.9 Å². The van der Waals surface area contributed by atoms with Gasteiger partial charge in [0.2, 0.25) is 0 Å². The second-order valence-corrected chi connectivity index (χ2v) is 13.9. The lowest BCUT2D eigenvalue weighted by molar-refractivity contribution is -0.397. The van der Waals surface area contributed by atoms with Gasteiger partial charge < -0.3 is 55.9 Å². The van der Waals surface area contributed by atoms with Crippen molar-refractivity contribution in [3.05, 3.63) is 0 Å². The van der Waals surface area contributed by atoms with Crippen LogP contribution in [0.2, 0.25) is 0 Å². The minimum Gasteiger partial charge on any atom is -0.368 e. The van der Waals surface area contributed by atoms with E-state index in [1.165, 1.54) is 0 Å². The van der Waals surface area contributed by atoms with Gasteiger partial charge in [-0.15, -0.1) is 0 Å². The molecule has 14 heteroatoms. The SMILES string of the molecule is CCOC(CO[Si]([SiH3])(OCC(OCC)(OCC)OCC)OCC(OCC)(OCC)OCC)(OCC)OCC. The van der Waals surface area contributed by atoms with Gasteiger partial charge in [-0.25, -0.2) is 0 Å². The van der Waals surface area contributed by atoms with Gasteiger partial charge in [-0.05, 0) is 62.3 Å². The van der Waals surface area contributed by atoms with E-state index in [4.69, 9.17) is 55.9 Å². The van der Waals surface area contributed by atoms with E-state index >= 15 is 0 Å². The Labute approximate surface area is 233 Å². The highest BCUT2D eigenvalue weighted by Crippen LogP contribution is 2.25. The minimum atomic E-state index is -3.42. The van der Waals surface area contributed by atoms with Gasteiger partial charge in [0.25, 0.3) is 0 Å². The molecular weight excluding hydrogens is 536 g/mol. The zero-order valence-electron chi connectivity index (χ0n) is 25.4. The van der Waals surface area contributed by atoms with E-state index in [9.17, 15) is 0 Å². The van der Waals surface area contributed by atoms with Crippen molar-refractivity contribution in [2.45, 2.75) is 80.2 Å². The van der Waals surface area contributed by atoms with Gasteiger partial charge >= 0.3 is 26.2 Å². The monoisotopic (exact) mass is 590 g/mol. The molecule has 0 amide bonds. The maximum atomic E-state index is 6.36. The molecule has 0 aliphatic heterocycles. The Hall–Kier alpha value is -0.0462. The first-order valence-electron chi connectivity index (χ1n) is 13.8. The van der Waals surface area contributed by atoms with Gasteiger partial charge in [0.15, 0.2) is 0 Å². The molecule has 0 aromatic carbocycles. The Bertz CT molecular complexity index is 447. The molecule has 0 spiro atoms. The van der Waals surface area contributed by atoms with Crippen molar-refractivity contribution in [1.82, 2.24) is 0 Å². The maximum absolute atomic E-state index is 6.36. The van der Waals surface area contributed by atoms with E-state index in [1.807, 2.05) is 62.3 Å². The largest absolute Gasteiger partial charge is 0.458 e. The fourth-order valence-corrected chi connectivity index (χ4v) is 6.38. The van der Waals surface area contributed by atoms with E-state index < -0.39 is 26.2 Å². The Morgan fingerprint density at radius 1 is 0.368 bits per heavy atom. The number of ether oxygens (including phenoxy) is 9. The van der Waals surface area contributed by atoms with E-state index in [0.29, 0.717) is 69.2 Å². The van der Waals surface area contributed by atoms with Gasteiger partial charge in [0, 0.05) is 59.5 Å². The molecule has 0 atom stereocenters. The standard InChI is InChI=1S/C24H54O12Si2/c1-10-25-22(26-11-2,27-12-3)19-34-38(37,35-20-23(28-13-4,29-14-5)30-15-6)36-21-24(31-16-7,32-17-8)33-18-9/h10-21H2,1-9,37H3. The van der Waals surface area contributed by atoms with Crippen LogP contribution in [-0.2, 0) is 55.9 Å². The quantitative estimate of drug-likeness (QED) is 0.103. The minimum absolute atomic E-state index is 0.0892. The lowest BCUT2D eigenvalue weighted by Gasteiger charge is -2.39. The molecular formula is C24H54O12Si2. The number of hydrogen-bond acceptors (Lipinski definition) is 12. The van der Waals surface area contributed by atoms with Crippen LogP contribution in [0.25, 0.3) is 0 Å². The predicted molar refractivity (Wildman–Crippen MR) is 146 cm³/mol. The molecule has 0 radical (unpaired) electrons. The summed E-state index contributed by atoms with van der Waals surface area (Å²) in [5, 5.41) is 0. The maximum Gasteiger partial charge on any atom is 0.458 e. The summed E-state index contributed by atoms with van der Waals surface area (Å²) in [5.74, 6) is -4.25. The first-order valence-corrected chi connectivity index (χ1v) is 19.1. The molecule has 0 fully saturated rings. The summed E-state index contributed by atoms with van der Waals surface area (Å²) in [6.07, 6.45) is 0. The van der Waals surface area contributed by atoms with Crippen molar-refractivity contribution in [1.29, 1.82) is 0 Å². The molecule has 0 unspecified atom stereocenters. The zero-order chi connectivity index (χ0) is 29.0. The Balaban J connectivity index is 6.14. The topological polar surface area (TPSA) is 111 Å². The Kier molecular flexibility index (Phi) is 20.7. The molecule has 0 N–H and O–H groups in total. The molecule has 0 heterocycles. The molecule has 0 saturated heterocycles. The second-order valence-electron chi connectivity index (χ2n) is 7.67. The van der Waals surface area contributed by atoms with Crippen LogP contribution in [0.4, 0.5) is 0 Å². The van der Waals surface area contributed by atoms with Crippen LogP contribution in [0.15, 0.2) is 0 Å². The van der Waals surface area contributed by atoms with Crippen molar-refractivity contribution in [3.8, 4) is 0 Å². The molecule has 0 aromatic heterocycles. The van der Waals surface area contributed by atoms with Crippen LogP contribution in [-0.4, -0.2) is 115 Å². The summed E-state index contributed by atoms with van der Waals surface area (Å²) in [6, 6.07) is 0. The highest BCUT2D eigenvalue weighted by Gasteiger charge is 2.47. The van der Waals surface area contributed by atoms with E-state index in [-0.39, 0.29) is 19.8 Å². The molecule has 0 bridgehead atoms. The lowest BCUT2D eigenvalue weighted by atomic mass is 10.5. The molecule has 38 heavy (non-hydrogen) atoms. The highest BCUT2D eigenvalue weighted by molar-refractivity contribution is 7.05. The van der Waals surface area contributed by atoms with Crippen LogP contribution in [0, 0.1) is 0 Å². The van der Waals surface area contributed by atoms with Gasteiger partial charge in [-0.3, -0.25) is 0 Å². The van der Waals surface area contributed by atoms with Gasteiger partial charge in [-0.1, -0.05) is 0 Å². The summed E-state index contributed by atoms with van der Waals surface area (Å²) < 4.78 is 71.6. The molecule has 12 nitrogen and oxygen atoms in total.